The van der Waals surface area contributed by atoms with E-state index in [-0.39, 0.29) is 243 Å². The average Bonchev–Trinajstić information content (AvgIpc) is 0.817. The highest BCUT2D eigenvalue weighted by Gasteiger charge is 2.48. The van der Waals surface area contributed by atoms with Crippen molar-refractivity contribution in [3.8, 4) is 0 Å². The van der Waals surface area contributed by atoms with Crippen molar-refractivity contribution < 1.29 is 170 Å². The molecular weight excluding hydrogens is 1610 g/mol. The number of ether oxygens (including phenoxy) is 15. The highest BCUT2D eigenvalue weighted by molar-refractivity contribution is 5.80. The Morgan fingerprint density at radius 1 is 0.306 bits per heavy atom. The van der Waals surface area contributed by atoms with Crippen LogP contribution in [0.5, 0.6) is 0 Å². The van der Waals surface area contributed by atoms with Crippen LogP contribution in [0.3, 0.4) is 0 Å². The number of esters is 1. The minimum Gasteiger partial charge on any atom is -0.469 e. The molecule has 0 aromatic carbocycles. The minimum absolute atomic E-state index is 0.00963. The second-order valence-electron chi connectivity index (χ2n) is 29.5. The van der Waals surface area contributed by atoms with Crippen LogP contribution in [-0.2, 0) is 124 Å². The van der Waals surface area contributed by atoms with Crippen molar-refractivity contribution in [3.05, 3.63) is 0 Å². The number of carbonyl (C=O) groups excluding carboxylic acids is 11. The molecule has 700 valence electrons. The van der Waals surface area contributed by atoms with E-state index in [1.807, 2.05) is 0 Å². The summed E-state index contributed by atoms with van der Waals surface area (Å²) < 4.78 is 84.5. The van der Waals surface area contributed by atoms with Gasteiger partial charge >= 0.3 is 5.97 Å². The molecule has 0 aromatic heterocycles. The summed E-state index contributed by atoms with van der Waals surface area (Å²) in [7, 11) is 1.30. The summed E-state index contributed by atoms with van der Waals surface area (Å²) in [5.41, 5.74) is -1.25. The molecule has 3 heterocycles. The Morgan fingerprint density at radius 2 is 0.587 bits per heavy atom. The number of aliphatic hydroxyl groups is 9. The zero-order chi connectivity index (χ0) is 89.0. The lowest BCUT2D eigenvalue weighted by Gasteiger charge is -2.42. The van der Waals surface area contributed by atoms with E-state index in [4.69, 9.17) is 66.3 Å². The van der Waals surface area contributed by atoms with Crippen LogP contribution in [0.4, 0.5) is 0 Å². The van der Waals surface area contributed by atoms with Crippen molar-refractivity contribution >= 4 is 64.8 Å². The lowest BCUT2D eigenvalue weighted by Crippen LogP contribution is -2.64. The second-order valence-corrected chi connectivity index (χ2v) is 29.5. The van der Waals surface area contributed by atoms with Crippen LogP contribution in [-0.4, -0.2) is 388 Å². The average molecular weight is 1750 g/mol. The van der Waals surface area contributed by atoms with Crippen molar-refractivity contribution in [3.63, 3.8) is 0 Å². The molecule has 0 bridgehead atoms. The predicted octanol–water partition coefficient (Wildman–Crippen LogP) is -5.32. The number of methoxy groups -OCH3 is 1. The molecule has 121 heavy (non-hydrogen) atoms. The fourth-order valence-corrected chi connectivity index (χ4v) is 12.5. The quantitative estimate of drug-likeness (QED) is 0.0200. The zero-order valence-corrected chi connectivity index (χ0v) is 70.5. The van der Waals surface area contributed by atoms with Gasteiger partial charge in [0.05, 0.1) is 139 Å². The Bertz CT molecular complexity index is 2670. The van der Waals surface area contributed by atoms with E-state index in [2.05, 4.69) is 47.3 Å². The van der Waals surface area contributed by atoms with Gasteiger partial charge in [-0.2, -0.15) is 0 Å². The molecule has 15 atom stereocenters. The molecule has 3 saturated heterocycles. The number of nitrogens with one attached hydrogen (secondary N) is 8. The standard InChI is InChI=1S/C78H138N8O35/c1-52(90)84-66-72(104)69(101)57(46-87)119-75(66)116-29-10-6-16-55(93)15-5-9-24-79-62(97)20-33-113-49-78(45-56(94)19-32-108-37-39-110-41-43-112-44-42-111-40-38-109-36-23-65(100)107-4,50-114-34-21-63(98)82-27-13-25-80-60(95)17-7-11-30-117-76-67(85-53(2)91)73(105)70(102)58(47-88)120-76)51-115-35-22-64(99)83-28-14-26-81-61(96)18-8-12-31-118-77-68(86-54(3)92)74(106)71(103)59(48-89)121-77/h57-59,66-77,87-89,101-106H,5-51H2,1-4H3,(H,79,97)(H,80,95)(H,81,96)(H,82,98)(H,83,99)(H,84,90)(H,85,91)(H,86,92). The number of hydrogen-bond acceptors (Lipinski definition) is 35. The van der Waals surface area contributed by atoms with Gasteiger partial charge in [0.2, 0.25) is 47.3 Å². The van der Waals surface area contributed by atoms with Crippen molar-refractivity contribution in [2.45, 2.75) is 241 Å². The molecule has 3 aliphatic rings. The van der Waals surface area contributed by atoms with Crippen molar-refractivity contribution in [1.82, 2.24) is 42.5 Å². The lowest BCUT2D eigenvalue weighted by atomic mass is 9.84. The van der Waals surface area contributed by atoms with Gasteiger partial charge in [-0.25, -0.2) is 0 Å². The SMILES string of the molecule is COC(=O)CCOCCOCCOCCOCCOCCC(=O)CC(COCCC(=O)NCCCCC(=O)CCCCOC1OC(CO)C(O)C(O)C1NC(C)=O)(COCCC(=O)NCCCNC(=O)CCCCOC1OC(CO)C(O)C(O)C1NC(C)=O)COCCC(=O)NCCCNC(=O)CCCCOC1OC(CO)C(O)C(O)C1NC(C)=O. The first-order chi connectivity index (χ1) is 58.2. The van der Waals surface area contributed by atoms with E-state index in [1.54, 1.807) is 0 Å². The molecule has 0 spiro atoms. The molecule has 17 N–H and O–H groups in total. The molecule has 8 amide bonds. The number of rotatable bonds is 72. The molecule has 0 saturated carbocycles. The number of hydrogen-bond donors (Lipinski definition) is 17. The molecule has 3 aliphatic heterocycles. The van der Waals surface area contributed by atoms with Crippen molar-refractivity contribution in [2.24, 2.45) is 5.41 Å². The van der Waals surface area contributed by atoms with Gasteiger partial charge in [0.15, 0.2) is 18.9 Å². The third-order valence-corrected chi connectivity index (χ3v) is 19.2. The maximum Gasteiger partial charge on any atom is 0.307 e. The van der Waals surface area contributed by atoms with Crippen LogP contribution in [0.1, 0.15) is 149 Å². The summed E-state index contributed by atoms with van der Waals surface area (Å²) >= 11 is 0. The molecule has 15 unspecified atom stereocenters. The Kier molecular flexibility index (Phi) is 59.5. The molecule has 0 aromatic rings. The highest BCUT2D eigenvalue weighted by Crippen LogP contribution is 2.29. The Balaban J connectivity index is 1.58. The van der Waals surface area contributed by atoms with Gasteiger partial charge in [-0.05, 0) is 64.2 Å². The number of amides is 8. The van der Waals surface area contributed by atoms with E-state index in [0.29, 0.717) is 90.6 Å². The minimum atomic E-state index is -1.47. The molecule has 43 nitrogen and oxygen atoms in total. The van der Waals surface area contributed by atoms with Gasteiger partial charge in [0.1, 0.15) is 84.6 Å². The second kappa shape index (κ2) is 66.2. The third-order valence-electron chi connectivity index (χ3n) is 19.2. The number of carbonyl (C=O) groups is 11. The Labute approximate surface area is 706 Å². The van der Waals surface area contributed by atoms with Gasteiger partial charge in [-0.1, -0.05) is 0 Å². The fraction of sp³-hybridized carbons (Fsp3) is 0.859. The summed E-state index contributed by atoms with van der Waals surface area (Å²) in [5, 5.41) is 113. The largest absolute Gasteiger partial charge is 0.469 e. The number of ketones is 2. The molecule has 43 heteroatoms. The predicted molar refractivity (Wildman–Crippen MR) is 422 cm³/mol. The van der Waals surface area contributed by atoms with Crippen LogP contribution in [0.15, 0.2) is 0 Å². The van der Waals surface area contributed by atoms with Gasteiger partial charge < -0.3 is 160 Å². The summed E-state index contributed by atoms with van der Waals surface area (Å²) in [4.78, 5) is 138. The fourth-order valence-electron chi connectivity index (χ4n) is 12.5. The van der Waals surface area contributed by atoms with E-state index < -0.39 is 135 Å². The molecule has 0 aliphatic carbocycles. The first-order valence-corrected chi connectivity index (χ1v) is 41.8. The maximum absolute atomic E-state index is 14.0. The van der Waals surface area contributed by atoms with Crippen LogP contribution in [0, 0.1) is 5.41 Å². The number of unbranched alkanes of at least 4 members (excludes halogenated alkanes) is 4. The smallest absolute Gasteiger partial charge is 0.307 e. The van der Waals surface area contributed by atoms with Crippen molar-refractivity contribution in [2.75, 3.05) is 185 Å². The first kappa shape index (κ1) is 109. The molecular formula is C78H138N8O35. The van der Waals surface area contributed by atoms with Crippen LogP contribution >= 0.6 is 0 Å². The number of Topliss-reactive ketones (excluding diaryl/α,β-unsaturated/α-hetero) is 2. The van der Waals surface area contributed by atoms with Crippen LogP contribution < -0.4 is 42.5 Å². The van der Waals surface area contributed by atoms with Crippen LogP contribution in [0.2, 0.25) is 0 Å². The highest BCUT2D eigenvalue weighted by atomic mass is 16.7. The summed E-state index contributed by atoms with van der Waals surface area (Å²) in [6.45, 7) is 4.73. The normalized spacial score (nSPS) is 23.3. The Morgan fingerprint density at radius 3 is 0.901 bits per heavy atom. The topological polar surface area (TPSA) is 605 Å². The Hall–Kier alpha value is -6.35. The zero-order valence-electron chi connectivity index (χ0n) is 70.5. The maximum atomic E-state index is 14.0. The number of aliphatic hydroxyl groups excluding tert-OH is 9. The van der Waals surface area contributed by atoms with Gasteiger partial charge in [-0.15, -0.1) is 0 Å². The summed E-state index contributed by atoms with van der Waals surface area (Å²) in [5.74, 6) is -3.76. The van der Waals surface area contributed by atoms with Gasteiger partial charge in [-0.3, -0.25) is 52.7 Å². The van der Waals surface area contributed by atoms with E-state index >= 15 is 0 Å². The van der Waals surface area contributed by atoms with Crippen molar-refractivity contribution in [1.29, 1.82) is 0 Å². The molecule has 3 fully saturated rings. The monoisotopic (exact) mass is 1750 g/mol. The third kappa shape index (κ3) is 48.6. The van der Waals surface area contributed by atoms with Crippen LogP contribution in [0.25, 0.3) is 0 Å². The molecule has 3 rings (SSSR count). The van der Waals surface area contributed by atoms with E-state index in [9.17, 15) is 98.7 Å². The lowest BCUT2D eigenvalue weighted by molar-refractivity contribution is -0.270. The summed E-state index contributed by atoms with van der Waals surface area (Å²) in [6.07, 6.45) is -11.2. The summed E-state index contributed by atoms with van der Waals surface area (Å²) in [6, 6.07) is -3.29. The molecule has 0 radical (unpaired) electrons. The first-order valence-electron chi connectivity index (χ1n) is 41.8. The van der Waals surface area contributed by atoms with E-state index in [0.717, 1.165) is 0 Å². The van der Waals surface area contributed by atoms with E-state index in [1.165, 1.54) is 27.9 Å². The van der Waals surface area contributed by atoms with Gasteiger partial charge in [0.25, 0.3) is 0 Å². The van der Waals surface area contributed by atoms with Gasteiger partial charge in [0, 0.05) is 137 Å².